The molecule has 2 nitrogen and oxygen atoms in total. The summed E-state index contributed by atoms with van der Waals surface area (Å²) in [6.45, 7) is 0. The number of rotatable bonds is 1. The monoisotopic (exact) mass is 198 g/mol. The molecule has 0 unspecified atom stereocenters. The predicted molar refractivity (Wildman–Crippen MR) is 48.9 cm³/mol. The quantitative estimate of drug-likeness (QED) is 0.694. The molecule has 0 atom stereocenters. The number of benzene rings is 1. The molecule has 0 aliphatic rings. The van der Waals surface area contributed by atoms with E-state index in [2.05, 4.69) is 0 Å². The lowest BCUT2D eigenvalue weighted by Crippen LogP contribution is -1.94. The Morgan fingerprint density at radius 2 is 2.08 bits per heavy atom. The number of hydrogen-bond acceptors (Lipinski definition) is 2. The minimum Gasteiger partial charge on any atom is -0.290 e. The second-order valence-electron chi connectivity index (χ2n) is 2.11. The summed E-state index contributed by atoms with van der Waals surface area (Å²) in [5.74, 6) is 0. The first-order valence-electron chi connectivity index (χ1n) is 3.09. The third kappa shape index (κ3) is 1.76. The van der Waals surface area contributed by atoms with Gasteiger partial charge in [0.05, 0.1) is 5.02 Å². The predicted octanol–water partition coefficient (Wildman–Crippen LogP) is 2.88. The zero-order chi connectivity index (χ0) is 9.14. The van der Waals surface area contributed by atoms with Gasteiger partial charge in [0.1, 0.15) is 11.8 Å². The van der Waals surface area contributed by atoms with E-state index in [0.29, 0.717) is 15.6 Å². The molecule has 1 aromatic rings. The van der Waals surface area contributed by atoms with Gasteiger partial charge in [0, 0.05) is 10.6 Å². The largest absolute Gasteiger partial charge is 0.290 e. The van der Waals surface area contributed by atoms with Crippen LogP contribution in [0.2, 0.25) is 10.0 Å². The van der Waals surface area contributed by atoms with Gasteiger partial charge in [-0.1, -0.05) is 23.2 Å². The maximum Gasteiger partial charge on any atom is 0.140 e. The Labute approximate surface area is 79.8 Å². The van der Waals surface area contributed by atoms with Crippen LogP contribution in [0.15, 0.2) is 18.2 Å². The Morgan fingerprint density at radius 3 is 2.58 bits per heavy atom. The summed E-state index contributed by atoms with van der Waals surface area (Å²) in [5.41, 5.74) is 0.250. The van der Waals surface area contributed by atoms with E-state index in [1.54, 1.807) is 18.2 Å². The minimum absolute atomic E-state index is 0.156. The zero-order valence-electron chi connectivity index (χ0n) is 5.94. The molecule has 0 amide bonds. The van der Waals surface area contributed by atoms with Crippen molar-refractivity contribution in [3.8, 4) is 6.07 Å². The Bertz CT molecular complexity index is 366. The smallest absolute Gasteiger partial charge is 0.140 e. The summed E-state index contributed by atoms with van der Waals surface area (Å²) in [7, 11) is 0. The highest BCUT2D eigenvalue weighted by Crippen LogP contribution is 2.20. The van der Waals surface area contributed by atoms with E-state index in [1.807, 2.05) is 0 Å². The van der Waals surface area contributed by atoms with Crippen molar-refractivity contribution in [3.05, 3.63) is 33.8 Å². The first kappa shape index (κ1) is 9.05. The summed E-state index contributed by atoms with van der Waals surface area (Å²) in [5, 5.41) is 16.4. The molecule has 60 valence electrons. The van der Waals surface area contributed by atoms with E-state index in [9.17, 15) is 0 Å². The minimum atomic E-state index is -0.156. The lowest BCUT2D eigenvalue weighted by Gasteiger charge is -1.98. The highest BCUT2D eigenvalue weighted by molar-refractivity contribution is 6.37. The Morgan fingerprint density at radius 1 is 1.42 bits per heavy atom. The van der Waals surface area contributed by atoms with Gasteiger partial charge >= 0.3 is 0 Å². The average Bonchev–Trinajstić information content (AvgIpc) is 2.03. The van der Waals surface area contributed by atoms with Crippen molar-refractivity contribution in [3.63, 3.8) is 0 Å². The van der Waals surface area contributed by atoms with E-state index in [-0.39, 0.29) is 5.71 Å². The van der Waals surface area contributed by atoms with Crippen LogP contribution < -0.4 is 0 Å². The number of nitrogens with one attached hydrogen (secondary N) is 1. The van der Waals surface area contributed by atoms with Gasteiger partial charge in [0.25, 0.3) is 0 Å². The van der Waals surface area contributed by atoms with Crippen molar-refractivity contribution >= 4 is 28.9 Å². The normalized spacial score (nSPS) is 9.08. The van der Waals surface area contributed by atoms with Crippen molar-refractivity contribution in [2.45, 2.75) is 0 Å². The standard InChI is InChI=1S/C8H4Cl2N2/c9-5-1-2-6(7(10)3-5)8(12)4-11/h1-3,12H. The summed E-state index contributed by atoms with van der Waals surface area (Å²) in [6, 6.07) is 6.35. The maximum absolute atomic E-state index is 8.42. The fourth-order valence-corrected chi connectivity index (χ4v) is 1.26. The van der Waals surface area contributed by atoms with Gasteiger partial charge in [-0.2, -0.15) is 5.26 Å². The van der Waals surface area contributed by atoms with Gasteiger partial charge in [-0.25, -0.2) is 0 Å². The second kappa shape index (κ2) is 3.57. The highest BCUT2D eigenvalue weighted by Gasteiger charge is 2.05. The van der Waals surface area contributed by atoms with Crippen molar-refractivity contribution in [1.82, 2.24) is 0 Å². The highest BCUT2D eigenvalue weighted by atomic mass is 35.5. The average molecular weight is 199 g/mol. The molecule has 0 heterocycles. The number of hydrogen-bond donors (Lipinski definition) is 1. The fourth-order valence-electron chi connectivity index (χ4n) is 0.752. The molecule has 4 heteroatoms. The van der Waals surface area contributed by atoms with Crippen molar-refractivity contribution in [1.29, 1.82) is 10.7 Å². The van der Waals surface area contributed by atoms with E-state index in [0.717, 1.165) is 0 Å². The van der Waals surface area contributed by atoms with Crippen LogP contribution in [0.5, 0.6) is 0 Å². The molecule has 0 fully saturated rings. The molecule has 1 rings (SSSR count). The first-order valence-corrected chi connectivity index (χ1v) is 3.85. The third-order valence-electron chi connectivity index (χ3n) is 1.31. The molecule has 12 heavy (non-hydrogen) atoms. The molecule has 0 aromatic heterocycles. The van der Waals surface area contributed by atoms with Crippen molar-refractivity contribution in [2.75, 3.05) is 0 Å². The first-order chi connectivity index (χ1) is 5.65. The molecule has 0 aliphatic carbocycles. The van der Waals surface area contributed by atoms with E-state index in [4.69, 9.17) is 33.9 Å². The lowest BCUT2D eigenvalue weighted by molar-refractivity contribution is 1.46. The second-order valence-corrected chi connectivity index (χ2v) is 2.95. The van der Waals surface area contributed by atoms with Crippen LogP contribution in [0.1, 0.15) is 5.56 Å². The molecule has 1 N–H and O–H groups in total. The van der Waals surface area contributed by atoms with Crippen LogP contribution in [-0.4, -0.2) is 5.71 Å². The third-order valence-corrected chi connectivity index (χ3v) is 1.86. The number of nitrogens with zero attached hydrogens (tertiary/aromatic N) is 1. The van der Waals surface area contributed by atoms with Gasteiger partial charge in [-0.05, 0) is 18.2 Å². The molecular formula is C8H4Cl2N2. The molecule has 0 saturated heterocycles. The summed E-state index contributed by atoms with van der Waals surface area (Å²) >= 11 is 11.4. The topological polar surface area (TPSA) is 47.6 Å². The lowest BCUT2D eigenvalue weighted by atomic mass is 10.1. The summed E-state index contributed by atoms with van der Waals surface area (Å²) < 4.78 is 0. The molecule has 0 aliphatic heterocycles. The van der Waals surface area contributed by atoms with Crippen molar-refractivity contribution < 1.29 is 0 Å². The van der Waals surface area contributed by atoms with Crippen LogP contribution in [-0.2, 0) is 0 Å². The van der Waals surface area contributed by atoms with Gasteiger partial charge in [-0.15, -0.1) is 0 Å². The van der Waals surface area contributed by atoms with E-state index in [1.165, 1.54) is 6.07 Å². The van der Waals surface area contributed by atoms with Crippen LogP contribution in [0.3, 0.4) is 0 Å². The van der Waals surface area contributed by atoms with Crippen LogP contribution in [0, 0.1) is 16.7 Å². The molecule has 0 radical (unpaired) electrons. The van der Waals surface area contributed by atoms with Crippen LogP contribution >= 0.6 is 23.2 Å². The van der Waals surface area contributed by atoms with Gasteiger partial charge in [0.2, 0.25) is 0 Å². The zero-order valence-corrected chi connectivity index (χ0v) is 7.45. The Hall–Kier alpha value is -1.04. The van der Waals surface area contributed by atoms with Crippen LogP contribution in [0.25, 0.3) is 0 Å². The van der Waals surface area contributed by atoms with Crippen molar-refractivity contribution in [2.24, 2.45) is 0 Å². The molecule has 0 spiro atoms. The maximum atomic E-state index is 8.42. The van der Waals surface area contributed by atoms with E-state index >= 15 is 0 Å². The summed E-state index contributed by atoms with van der Waals surface area (Å²) in [4.78, 5) is 0. The number of nitriles is 1. The molecular weight excluding hydrogens is 195 g/mol. The van der Waals surface area contributed by atoms with E-state index < -0.39 is 0 Å². The molecule has 1 aromatic carbocycles. The number of halogens is 2. The van der Waals surface area contributed by atoms with Gasteiger partial charge < -0.3 is 0 Å². The molecule has 0 saturated carbocycles. The van der Waals surface area contributed by atoms with Crippen LogP contribution in [0.4, 0.5) is 0 Å². The SMILES string of the molecule is N#CC(=N)c1ccc(Cl)cc1Cl. The Balaban J connectivity index is 3.20. The Kier molecular flexibility index (Phi) is 2.69. The summed E-state index contributed by atoms with van der Waals surface area (Å²) in [6.07, 6.45) is 0. The fraction of sp³-hybridized carbons (Fsp3) is 0. The van der Waals surface area contributed by atoms with Gasteiger partial charge in [0.15, 0.2) is 0 Å². The molecule has 0 bridgehead atoms. The van der Waals surface area contributed by atoms with Gasteiger partial charge in [-0.3, -0.25) is 5.41 Å².